The van der Waals surface area contributed by atoms with Crippen molar-refractivity contribution in [1.29, 1.82) is 0 Å². The topological polar surface area (TPSA) is 94.6 Å². The van der Waals surface area contributed by atoms with Crippen LogP contribution in [-0.2, 0) is 0 Å². The second kappa shape index (κ2) is 6.01. The average molecular weight is 344 g/mol. The second-order valence-corrected chi connectivity index (χ2v) is 6.56. The van der Waals surface area contributed by atoms with Gasteiger partial charge in [-0.15, -0.1) is 11.3 Å². The van der Waals surface area contributed by atoms with Crippen molar-refractivity contribution in [3.05, 3.63) is 50.7 Å². The molecule has 0 unspecified atom stereocenters. The van der Waals surface area contributed by atoms with E-state index in [4.69, 9.17) is 14.9 Å². The Labute approximate surface area is 141 Å². The van der Waals surface area contributed by atoms with Crippen LogP contribution in [-0.4, -0.2) is 13.0 Å². The molecule has 3 rings (SSSR count). The predicted molar refractivity (Wildman–Crippen MR) is 95.2 cm³/mol. The molecule has 3 N–H and O–H groups in total. The van der Waals surface area contributed by atoms with Gasteiger partial charge in [-0.05, 0) is 43.7 Å². The number of nitrogens with two attached hydrogens (primary N) is 1. The molecule has 0 atom stereocenters. The number of aryl methyl sites for hydroxylation is 1. The molecule has 1 amide bonds. The van der Waals surface area contributed by atoms with Crippen molar-refractivity contribution < 1.29 is 13.9 Å². The van der Waals surface area contributed by atoms with Gasteiger partial charge in [0.2, 0.25) is 0 Å². The number of methoxy groups -OCH3 is 1. The van der Waals surface area contributed by atoms with Crippen LogP contribution >= 0.6 is 11.3 Å². The number of nitrogens with one attached hydrogen (secondary N) is 1. The molecule has 1 aromatic carbocycles. The van der Waals surface area contributed by atoms with Crippen LogP contribution in [0.5, 0.6) is 5.75 Å². The highest BCUT2D eigenvalue weighted by atomic mass is 32.1. The quantitative estimate of drug-likeness (QED) is 0.711. The average Bonchev–Trinajstić information content (AvgIpc) is 2.80. The summed E-state index contributed by atoms with van der Waals surface area (Å²) in [6, 6.07) is 6.50. The summed E-state index contributed by atoms with van der Waals surface area (Å²) in [6.45, 7) is 3.80. The molecule has 3 aromatic rings. The van der Waals surface area contributed by atoms with Crippen LogP contribution in [0.3, 0.4) is 0 Å². The Morgan fingerprint density at radius 1 is 1.29 bits per heavy atom. The molecule has 0 aliphatic carbocycles. The number of amides is 1. The number of thiophene rings is 1. The minimum atomic E-state index is -0.700. The van der Waals surface area contributed by atoms with Crippen molar-refractivity contribution in [3.63, 3.8) is 0 Å². The first-order valence-corrected chi connectivity index (χ1v) is 8.01. The SMILES string of the molecule is COc1ccc2oc(=O)c(C(=O)Nc3sc(C)c(C)c3N)cc2c1. The van der Waals surface area contributed by atoms with Gasteiger partial charge < -0.3 is 20.2 Å². The fourth-order valence-corrected chi connectivity index (χ4v) is 3.27. The molecule has 124 valence electrons. The highest BCUT2D eigenvalue weighted by Gasteiger charge is 2.17. The Morgan fingerprint density at radius 3 is 2.67 bits per heavy atom. The highest BCUT2D eigenvalue weighted by molar-refractivity contribution is 7.17. The number of carbonyl (C=O) groups excluding carboxylic acids is 1. The van der Waals surface area contributed by atoms with Crippen LogP contribution < -0.4 is 21.4 Å². The first-order valence-electron chi connectivity index (χ1n) is 7.19. The lowest BCUT2D eigenvalue weighted by Crippen LogP contribution is -2.20. The van der Waals surface area contributed by atoms with Gasteiger partial charge in [0.15, 0.2) is 0 Å². The molecule has 0 aliphatic heterocycles. The van der Waals surface area contributed by atoms with Crippen molar-refractivity contribution in [3.8, 4) is 5.75 Å². The molecular weight excluding hydrogens is 328 g/mol. The van der Waals surface area contributed by atoms with Crippen molar-refractivity contribution >= 4 is 38.9 Å². The molecule has 24 heavy (non-hydrogen) atoms. The van der Waals surface area contributed by atoms with E-state index in [9.17, 15) is 9.59 Å². The number of anilines is 2. The summed E-state index contributed by atoms with van der Waals surface area (Å²) in [4.78, 5) is 25.6. The standard InChI is InChI=1S/C17H16N2O4S/c1-8-9(2)24-16(14(8)18)19-15(20)12-7-10-6-11(22-3)4-5-13(10)23-17(12)21/h4-7H,18H2,1-3H3,(H,19,20). The first-order chi connectivity index (χ1) is 11.4. The number of hydrogen-bond donors (Lipinski definition) is 2. The van der Waals surface area contributed by atoms with Crippen molar-refractivity contribution in [1.82, 2.24) is 0 Å². The van der Waals surface area contributed by atoms with E-state index in [-0.39, 0.29) is 5.56 Å². The Morgan fingerprint density at radius 2 is 2.04 bits per heavy atom. The third kappa shape index (κ3) is 2.74. The maximum absolute atomic E-state index is 12.5. The summed E-state index contributed by atoms with van der Waals surface area (Å²) in [7, 11) is 1.54. The van der Waals surface area contributed by atoms with E-state index < -0.39 is 11.5 Å². The van der Waals surface area contributed by atoms with Crippen molar-refractivity contribution in [2.75, 3.05) is 18.2 Å². The van der Waals surface area contributed by atoms with E-state index in [2.05, 4.69) is 5.32 Å². The van der Waals surface area contributed by atoms with E-state index in [0.29, 0.717) is 27.4 Å². The fourth-order valence-electron chi connectivity index (χ4n) is 2.29. The molecule has 0 radical (unpaired) electrons. The van der Waals surface area contributed by atoms with Crippen LogP contribution in [0, 0.1) is 13.8 Å². The number of fused-ring (bicyclic) bond motifs is 1. The summed E-state index contributed by atoms with van der Waals surface area (Å²) in [6.07, 6.45) is 0. The number of carbonyl (C=O) groups is 1. The van der Waals surface area contributed by atoms with E-state index in [1.165, 1.54) is 24.5 Å². The number of ether oxygens (including phenoxy) is 1. The monoisotopic (exact) mass is 344 g/mol. The van der Waals surface area contributed by atoms with Crippen LogP contribution in [0.25, 0.3) is 11.0 Å². The van der Waals surface area contributed by atoms with Gasteiger partial charge in [-0.3, -0.25) is 4.79 Å². The number of rotatable bonds is 3. The first kappa shape index (κ1) is 16.1. The molecule has 2 aromatic heterocycles. The van der Waals surface area contributed by atoms with E-state index in [1.807, 2.05) is 13.8 Å². The van der Waals surface area contributed by atoms with Gasteiger partial charge in [-0.2, -0.15) is 0 Å². The molecule has 0 saturated heterocycles. The molecule has 7 heteroatoms. The molecule has 2 heterocycles. The van der Waals surface area contributed by atoms with Crippen LogP contribution in [0.4, 0.5) is 10.7 Å². The summed E-state index contributed by atoms with van der Waals surface area (Å²) < 4.78 is 10.4. The van der Waals surface area contributed by atoms with E-state index >= 15 is 0 Å². The summed E-state index contributed by atoms with van der Waals surface area (Å²) in [5, 5.41) is 3.82. The smallest absolute Gasteiger partial charge is 0.349 e. The zero-order valence-electron chi connectivity index (χ0n) is 13.4. The number of benzene rings is 1. The lowest BCUT2D eigenvalue weighted by molar-refractivity contribution is 0.102. The van der Waals surface area contributed by atoms with Crippen LogP contribution in [0.1, 0.15) is 20.8 Å². The maximum atomic E-state index is 12.5. The highest BCUT2D eigenvalue weighted by Crippen LogP contribution is 2.34. The Kier molecular flexibility index (Phi) is 4.02. The molecule has 0 bridgehead atoms. The van der Waals surface area contributed by atoms with Crippen molar-refractivity contribution in [2.45, 2.75) is 13.8 Å². The normalized spacial score (nSPS) is 10.8. The zero-order chi connectivity index (χ0) is 17.4. The van der Waals surface area contributed by atoms with Crippen molar-refractivity contribution in [2.24, 2.45) is 0 Å². The Balaban J connectivity index is 2.01. The van der Waals surface area contributed by atoms with Crippen LogP contribution in [0.2, 0.25) is 0 Å². The molecule has 0 spiro atoms. The summed E-state index contributed by atoms with van der Waals surface area (Å²) in [5.41, 5.74) is 7.01. The predicted octanol–water partition coefficient (Wildman–Crippen LogP) is 3.31. The van der Waals surface area contributed by atoms with Gasteiger partial charge in [0.25, 0.3) is 5.91 Å². The molecular formula is C17H16N2O4S. The third-order valence-electron chi connectivity index (χ3n) is 3.84. The minimum absolute atomic E-state index is 0.0844. The van der Waals surface area contributed by atoms with Crippen LogP contribution in [0.15, 0.2) is 33.5 Å². The third-order valence-corrected chi connectivity index (χ3v) is 4.98. The fraction of sp³-hybridized carbons (Fsp3) is 0.176. The van der Waals surface area contributed by atoms with E-state index in [0.717, 1.165) is 10.4 Å². The summed E-state index contributed by atoms with van der Waals surface area (Å²) in [5.74, 6) is 0.0536. The maximum Gasteiger partial charge on any atom is 0.349 e. The van der Waals surface area contributed by atoms with Gasteiger partial charge in [0, 0.05) is 10.3 Å². The molecule has 0 aliphatic rings. The Bertz CT molecular complexity index is 1000. The van der Waals surface area contributed by atoms with Gasteiger partial charge in [0.1, 0.15) is 21.9 Å². The molecule has 6 nitrogen and oxygen atoms in total. The number of nitrogen functional groups attached to an aromatic ring is 1. The molecule has 0 saturated carbocycles. The number of hydrogen-bond acceptors (Lipinski definition) is 6. The minimum Gasteiger partial charge on any atom is -0.497 e. The van der Waals surface area contributed by atoms with E-state index in [1.54, 1.807) is 18.2 Å². The van der Waals surface area contributed by atoms with Gasteiger partial charge in [-0.25, -0.2) is 4.79 Å². The largest absolute Gasteiger partial charge is 0.497 e. The summed E-state index contributed by atoms with van der Waals surface area (Å²) >= 11 is 1.37. The second-order valence-electron chi connectivity index (χ2n) is 5.33. The molecule has 0 fully saturated rings. The zero-order valence-corrected chi connectivity index (χ0v) is 14.2. The Hall–Kier alpha value is -2.80. The lowest BCUT2D eigenvalue weighted by Gasteiger charge is -2.05. The van der Waals surface area contributed by atoms with Gasteiger partial charge in [-0.1, -0.05) is 0 Å². The van der Waals surface area contributed by atoms with Gasteiger partial charge in [0.05, 0.1) is 12.8 Å². The van der Waals surface area contributed by atoms with Gasteiger partial charge >= 0.3 is 5.63 Å². The lowest BCUT2D eigenvalue weighted by atomic mass is 10.1.